The third-order valence-corrected chi connectivity index (χ3v) is 7.06. The van der Waals surface area contributed by atoms with Gasteiger partial charge in [-0.3, -0.25) is 0 Å². The van der Waals surface area contributed by atoms with Crippen molar-refractivity contribution in [1.82, 2.24) is 8.97 Å². The molecule has 0 bridgehead atoms. The molecule has 2 aromatic heterocycles. The van der Waals surface area contributed by atoms with E-state index in [1.165, 1.54) is 61.1 Å². The minimum atomic E-state index is 0.0382. The van der Waals surface area contributed by atoms with Gasteiger partial charge in [-0.05, 0) is 57.1 Å². The van der Waals surface area contributed by atoms with Crippen molar-refractivity contribution < 1.29 is 0 Å². The maximum atomic E-state index is 2.47. The van der Waals surface area contributed by atoms with Crippen LogP contribution >= 0.6 is 0 Å². The molecule has 134 valence electrons. The molecule has 5 aromatic rings. The van der Waals surface area contributed by atoms with Gasteiger partial charge in [0, 0.05) is 35.8 Å². The number of benzene rings is 3. The number of hydrogen-bond acceptors (Lipinski definition) is 0. The van der Waals surface area contributed by atoms with Crippen LogP contribution in [0.25, 0.3) is 49.9 Å². The van der Waals surface area contributed by atoms with Gasteiger partial charge in [0.15, 0.2) is 0 Å². The summed E-state index contributed by atoms with van der Waals surface area (Å²) in [5.74, 6) is 0. The summed E-state index contributed by atoms with van der Waals surface area (Å²) in [6, 6.07) is 20.6. The van der Waals surface area contributed by atoms with Crippen molar-refractivity contribution in [2.24, 2.45) is 7.05 Å². The molecular weight excluding hydrogens is 340 g/mol. The lowest BCUT2D eigenvalue weighted by Gasteiger charge is -2.22. The van der Waals surface area contributed by atoms with E-state index in [0.717, 1.165) is 0 Å². The lowest BCUT2D eigenvalue weighted by Crippen LogP contribution is -2.14. The highest BCUT2D eigenvalue weighted by molar-refractivity contribution is 6.20. The molecule has 0 aliphatic heterocycles. The van der Waals surface area contributed by atoms with Gasteiger partial charge < -0.3 is 8.97 Å². The average Bonchev–Trinajstić information content (AvgIpc) is 3.39. The summed E-state index contributed by atoms with van der Waals surface area (Å²) in [7, 11) is 2.15. The van der Waals surface area contributed by atoms with Crippen molar-refractivity contribution >= 4 is 16.6 Å². The molecule has 0 amide bonds. The number of rotatable bonds is 0. The van der Waals surface area contributed by atoms with Crippen molar-refractivity contribution in [3.05, 3.63) is 78.1 Å². The number of hydrogen-bond donors (Lipinski definition) is 0. The van der Waals surface area contributed by atoms with E-state index in [1.807, 2.05) is 0 Å². The predicted octanol–water partition coefficient (Wildman–Crippen LogP) is 6.38. The first-order chi connectivity index (χ1) is 13.6. The molecule has 0 radical (unpaired) electrons. The van der Waals surface area contributed by atoms with E-state index in [4.69, 9.17) is 0 Å². The number of fused-ring (bicyclic) bond motifs is 9. The molecule has 0 unspecified atom stereocenters. The molecule has 2 heterocycles. The van der Waals surface area contributed by atoms with Gasteiger partial charge in [0.05, 0.1) is 5.52 Å². The molecule has 0 atom stereocenters. The average molecular weight is 360 g/mol. The molecule has 2 heteroatoms. The van der Waals surface area contributed by atoms with Gasteiger partial charge in [-0.25, -0.2) is 0 Å². The molecule has 28 heavy (non-hydrogen) atoms. The summed E-state index contributed by atoms with van der Waals surface area (Å²) in [5.41, 5.74) is 13.8. The van der Waals surface area contributed by atoms with E-state index in [9.17, 15) is 0 Å². The lowest BCUT2D eigenvalue weighted by atomic mass is 9.81. The maximum Gasteiger partial charge on any atom is 0.125 e. The largest absolute Gasteiger partial charge is 0.335 e. The Morgan fingerprint density at radius 3 is 2.43 bits per heavy atom. The van der Waals surface area contributed by atoms with Gasteiger partial charge in [-0.15, -0.1) is 0 Å². The minimum Gasteiger partial charge on any atom is -0.335 e. The number of aryl methyl sites for hydroxylation is 1. The fourth-order valence-electron chi connectivity index (χ4n) is 5.74. The van der Waals surface area contributed by atoms with Crippen LogP contribution in [0, 0.1) is 0 Å². The number of nitrogens with zero attached hydrogens (tertiary/aromatic N) is 2. The van der Waals surface area contributed by atoms with Crippen LogP contribution in [0.15, 0.2) is 67.0 Å². The Balaban J connectivity index is 1.67. The normalized spacial score (nSPS) is 15.2. The third kappa shape index (κ3) is 1.43. The Morgan fingerprint density at radius 1 is 0.714 bits per heavy atom. The maximum absolute atomic E-state index is 2.47. The highest BCUT2D eigenvalue weighted by Gasteiger charge is 2.38. The van der Waals surface area contributed by atoms with E-state index in [2.05, 4.69) is 96.9 Å². The van der Waals surface area contributed by atoms with Crippen molar-refractivity contribution in [2.45, 2.75) is 19.3 Å². The predicted molar refractivity (Wildman–Crippen MR) is 116 cm³/mol. The zero-order chi connectivity index (χ0) is 18.8. The molecular formula is C26H20N2. The van der Waals surface area contributed by atoms with Crippen LogP contribution in [0.4, 0.5) is 0 Å². The molecule has 0 spiro atoms. The van der Waals surface area contributed by atoms with Crippen LogP contribution < -0.4 is 0 Å². The van der Waals surface area contributed by atoms with Gasteiger partial charge in [-0.1, -0.05) is 50.2 Å². The van der Waals surface area contributed by atoms with Gasteiger partial charge in [0.25, 0.3) is 0 Å². The fourth-order valence-corrected chi connectivity index (χ4v) is 5.74. The van der Waals surface area contributed by atoms with Gasteiger partial charge in [-0.2, -0.15) is 0 Å². The van der Waals surface area contributed by atoms with Crippen molar-refractivity contribution in [3.8, 4) is 33.4 Å². The first-order valence-electron chi connectivity index (χ1n) is 9.94. The first kappa shape index (κ1) is 14.8. The third-order valence-electron chi connectivity index (χ3n) is 7.06. The summed E-state index contributed by atoms with van der Waals surface area (Å²) in [6.07, 6.45) is 4.34. The molecule has 7 rings (SSSR count). The quantitative estimate of drug-likeness (QED) is 0.297. The summed E-state index contributed by atoms with van der Waals surface area (Å²) in [6.45, 7) is 4.72. The van der Waals surface area contributed by atoms with Crippen LogP contribution in [0.3, 0.4) is 0 Å². The SMILES string of the molecule is Cn1ccn2c3cccc4c3c(c12)-c1cc2c(cc1-4)C(C)(C)c1ccccc1-2. The van der Waals surface area contributed by atoms with Crippen LogP contribution in [0.5, 0.6) is 0 Å². The summed E-state index contributed by atoms with van der Waals surface area (Å²) < 4.78 is 4.58. The molecule has 3 aromatic carbocycles. The highest BCUT2D eigenvalue weighted by atomic mass is 15.1. The van der Waals surface area contributed by atoms with E-state index in [0.29, 0.717) is 0 Å². The van der Waals surface area contributed by atoms with Crippen molar-refractivity contribution in [3.63, 3.8) is 0 Å². The van der Waals surface area contributed by atoms with E-state index in [-0.39, 0.29) is 5.41 Å². The molecule has 0 fully saturated rings. The van der Waals surface area contributed by atoms with E-state index >= 15 is 0 Å². The summed E-state index contributed by atoms with van der Waals surface area (Å²) in [5, 5.41) is 1.40. The van der Waals surface area contributed by atoms with Crippen LogP contribution in [0.2, 0.25) is 0 Å². The van der Waals surface area contributed by atoms with Gasteiger partial charge in [0.1, 0.15) is 5.65 Å². The summed E-state index contributed by atoms with van der Waals surface area (Å²) in [4.78, 5) is 0. The topological polar surface area (TPSA) is 9.34 Å². The molecule has 2 aliphatic rings. The van der Waals surface area contributed by atoms with Crippen LogP contribution in [0.1, 0.15) is 25.0 Å². The molecule has 0 saturated heterocycles. The Morgan fingerprint density at radius 2 is 1.54 bits per heavy atom. The Kier molecular flexibility index (Phi) is 2.33. The molecule has 2 aliphatic carbocycles. The smallest absolute Gasteiger partial charge is 0.125 e. The number of aromatic nitrogens is 2. The Hall–Kier alpha value is -3.26. The molecule has 0 saturated carbocycles. The second-order valence-electron chi connectivity index (χ2n) is 8.79. The lowest BCUT2D eigenvalue weighted by molar-refractivity contribution is 0.660. The van der Waals surface area contributed by atoms with Gasteiger partial charge >= 0.3 is 0 Å². The zero-order valence-electron chi connectivity index (χ0n) is 16.2. The van der Waals surface area contributed by atoms with Gasteiger partial charge in [0.2, 0.25) is 0 Å². The van der Waals surface area contributed by atoms with Crippen LogP contribution in [-0.2, 0) is 12.5 Å². The standard InChI is InChI=1S/C26H20N2/c1-26(2)20-9-5-4-7-15(20)18-13-19-17(14-21(18)26)16-8-6-10-22-23(16)24(19)25-27(3)11-12-28(22)25/h4-14H,1-3H3. The molecule has 2 nitrogen and oxygen atoms in total. The first-order valence-corrected chi connectivity index (χ1v) is 9.94. The van der Waals surface area contributed by atoms with Crippen LogP contribution in [-0.4, -0.2) is 8.97 Å². The Bertz CT molecular complexity index is 1490. The second-order valence-corrected chi connectivity index (χ2v) is 8.79. The summed E-state index contributed by atoms with van der Waals surface area (Å²) >= 11 is 0. The monoisotopic (exact) mass is 360 g/mol. The van der Waals surface area contributed by atoms with Crippen molar-refractivity contribution in [2.75, 3.05) is 0 Å². The fraction of sp³-hybridized carbons (Fsp3) is 0.154. The zero-order valence-corrected chi connectivity index (χ0v) is 16.2. The van der Waals surface area contributed by atoms with E-state index < -0.39 is 0 Å². The van der Waals surface area contributed by atoms with Crippen molar-refractivity contribution in [1.29, 1.82) is 0 Å². The second kappa shape index (κ2) is 4.41. The minimum absolute atomic E-state index is 0.0382. The molecule has 0 N–H and O–H groups in total. The van der Waals surface area contributed by atoms with E-state index in [1.54, 1.807) is 0 Å². The Labute approximate surface area is 163 Å². The highest BCUT2D eigenvalue weighted by Crippen LogP contribution is 2.56. The number of imidazole rings is 1.